The van der Waals surface area contributed by atoms with E-state index in [0.717, 1.165) is 29.8 Å². The molecular weight excluding hydrogens is 724 g/mol. The van der Waals surface area contributed by atoms with Gasteiger partial charge in [-0.1, -0.05) is 24.3 Å². The lowest BCUT2D eigenvalue weighted by atomic mass is 9.97. The van der Waals surface area contributed by atoms with E-state index in [1.54, 1.807) is 26.8 Å². The van der Waals surface area contributed by atoms with Crippen LogP contribution in [0.2, 0.25) is 0 Å². The van der Waals surface area contributed by atoms with Crippen molar-refractivity contribution in [3.63, 3.8) is 0 Å². The highest BCUT2D eigenvalue weighted by molar-refractivity contribution is 8.00. The molecule has 2 aromatic carbocycles. The number of phenolic OH excluding ortho intramolecular Hbond substituents is 1. The van der Waals surface area contributed by atoms with Crippen molar-refractivity contribution in [2.45, 2.75) is 109 Å². The predicted octanol–water partition coefficient (Wildman–Crippen LogP) is 2.80. The van der Waals surface area contributed by atoms with Crippen molar-refractivity contribution >= 4 is 47.5 Å². The minimum Gasteiger partial charge on any atom is -0.508 e. The van der Waals surface area contributed by atoms with Crippen LogP contribution < -0.4 is 15.4 Å². The highest BCUT2D eigenvalue weighted by atomic mass is 32.2. The van der Waals surface area contributed by atoms with E-state index in [1.807, 2.05) is 24.3 Å². The molecule has 0 unspecified atom stereocenters. The molecule has 15 nitrogen and oxygen atoms in total. The average Bonchev–Trinajstić information content (AvgIpc) is 3.06. The Hall–Kier alpha value is -4.83. The van der Waals surface area contributed by atoms with Gasteiger partial charge in [0.2, 0.25) is 11.8 Å². The maximum atomic E-state index is 12.5. The van der Waals surface area contributed by atoms with E-state index in [1.165, 1.54) is 26.8 Å². The maximum absolute atomic E-state index is 12.5. The third-order valence-corrected chi connectivity index (χ3v) is 9.68. The van der Waals surface area contributed by atoms with Crippen LogP contribution in [-0.2, 0) is 60.6 Å². The van der Waals surface area contributed by atoms with Crippen LogP contribution in [0.5, 0.6) is 11.5 Å². The lowest BCUT2D eigenvalue weighted by Gasteiger charge is -2.43. The van der Waals surface area contributed by atoms with Crippen LogP contribution in [0.1, 0.15) is 76.6 Å². The number of hydrogen-bond donors (Lipinski definition) is 4. The molecule has 1 aliphatic heterocycles. The first-order valence-electron chi connectivity index (χ1n) is 17.5. The number of hydrogen-bond acceptors (Lipinski definition) is 14. The minimum absolute atomic E-state index is 0.0876. The monoisotopic (exact) mass is 774 g/mol. The summed E-state index contributed by atoms with van der Waals surface area (Å²) in [5.41, 5.74) is 1.09. The van der Waals surface area contributed by atoms with Crippen molar-refractivity contribution in [3.8, 4) is 11.5 Å². The Balaban J connectivity index is 1.82. The lowest BCUT2D eigenvalue weighted by Crippen LogP contribution is -2.59. The number of phenols is 1. The Morgan fingerprint density at radius 2 is 1.43 bits per heavy atom. The zero-order valence-electron chi connectivity index (χ0n) is 31.6. The molecule has 0 radical (unpaired) electrons. The molecule has 0 saturated carbocycles. The summed E-state index contributed by atoms with van der Waals surface area (Å²) in [6.07, 6.45) is -2.04. The topological polar surface area (TPSA) is 213 Å². The van der Waals surface area contributed by atoms with Crippen molar-refractivity contribution in [2.24, 2.45) is 0 Å². The van der Waals surface area contributed by atoms with Gasteiger partial charge in [0, 0.05) is 58.7 Å². The van der Waals surface area contributed by atoms with Gasteiger partial charge in [-0.2, -0.15) is 0 Å². The zero-order valence-corrected chi connectivity index (χ0v) is 32.4. The summed E-state index contributed by atoms with van der Waals surface area (Å²) in [5, 5.41) is 24.0. The highest BCUT2D eigenvalue weighted by Gasteiger charge is 2.53. The standard InChI is InChI=1S/C38H50N2O13S/c1-21-17-28(46)19-30(29(21)18-27-13-11-26(12-14-27)9-8-10-32(47)40-38(6,7)37(48)39-15-16-41)53-36-35(52-25(5)45)34(51-24(4)44)33(50-23(3)43)31(54-36)20-49-22(2)42/h11-14,17,19,31,33-36,41,46H,8-10,15-16,18,20H2,1-7H3,(H,39,48)(H,40,47)/t31-,33-,34+,35-,36-/m1/s1. The molecule has 0 spiro atoms. The lowest BCUT2D eigenvalue weighted by molar-refractivity contribution is -0.190. The number of aliphatic hydroxyl groups excluding tert-OH is 1. The molecule has 3 rings (SSSR count). The number of esters is 4. The normalized spacial score (nSPS) is 19.5. The van der Waals surface area contributed by atoms with E-state index in [0.29, 0.717) is 30.4 Å². The smallest absolute Gasteiger partial charge is 0.303 e. The third-order valence-electron chi connectivity index (χ3n) is 8.30. The van der Waals surface area contributed by atoms with Gasteiger partial charge in [-0.25, -0.2) is 0 Å². The zero-order chi connectivity index (χ0) is 40.2. The number of amides is 2. The fraction of sp³-hybridized carbons (Fsp3) is 0.526. The molecular formula is C38H50N2O13S. The molecule has 4 N–H and O–H groups in total. The summed E-state index contributed by atoms with van der Waals surface area (Å²) in [5.74, 6) is -3.24. The van der Waals surface area contributed by atoms with Crippen molar-refractivity contribution < 1.29 is 62.7 Å². The Morgan fingerprint density at radius 1 is 0.833 bits per heavy atom. The van der Waals surface area contributed by atoms with Gasteiger partial charge in [0.05, 0.1) is 11.9 Å². The second-order valence-electron chi connectivity index (χ2n) is 13.4. The van der Waals surface area contributed by atoms with E-state index in [9.17, 15) is 33.9 Å². The van der Waals surface area contributed by atoms with Crippen LogP contribution in [0, 0.1) is 6.92 Å². The molecule has 54 heavy (non-hydrogen) atoms. The average molecular weight is 775 g/mol. The van der Waals surface area contributed by atoms with Crippen LogP contribution in [-0.4, -0.2) is 100 Å². The number of benzene rings is 2. The molecule has 16 heteroatoms. The molecule has 1 fully saturated rings. The van der Waals surface area contributed by atoms with Gasteiger partial charge in [-0.3, -0.25) is 28.8 Å². The number of aryl methyl sites for hydroxylation is 2. The van der Waals surface area contributed by atoms with Gasteiger partial charge in [0.25, 0.3) is 0 Å². The number of carbonyl (C=O) groups excluding carboxylic acids is 6. The molecule has 0 bridgehead atoms. The summed E-state index contributed by atoms with van der Waals surface area (Å²) in [4.78, 5) is 73.3. The van der Waals surface area contributed by atoms with Crippen LogP contribution in [0.4, 0.5) is 0 Å². The number of rotatable bonds is 17. The van der Waals surface area contributed by atoms with Crippen molar-refractivity contribution in [3.05, 3.63) is 58.7 Å². The SMILES string of the molecule is CC(=O)OC[C@H]1S[C@@H](Oc2cc(O)cc(C)c2Cc2ccc(CCCC(=O)NC(C)(C)C(=O)NCCO)cc2)[C@H](OC(C)=O)[C@@H](OC(C)=O)[C@@H]1OC(C)=O. The molecule has 296 valence electrons. The second kappa shape index (κ2) is 20.0. The number of nitrogens with one attached hydrogen (secondary N) is 2. The van der Waals surface area contributed by atoms with E-state index < -0.39 is 58.4 Å². The molecule has 0 aromatic heterocycles. The molecule has 1 aliphatic rings. The van der Waals surface area contributed by atoms with E-state index >= 15 is 0 Å². The quantitative estimate of drug-likeness (QED) is 0.135. The summed E-state index contributed by atoms with van der Waals surface area (Å²) >= 11 is 1.06. The molecule has 1 saturated heterocycles. The summed E-state index contributed by atoms with van der Waals surface area (Å²) < 4.78 is 28.5. The fourth-order valence-electron chi connectivity index (χ4n) is 5.85. The first kappa shape index (κ1) is 43.6. The predicted molar refractivity (Wildman–Crippen MR) is 196 cm³/mol. The Morgan fingerprint density at radius 3 is 2.02 bits per heavy atom. The molecule has 2 aromatic rings. The van der Waals surface area contributed by atoms with Gasteiger partial charge in [-0.05, 0) is 56.4 Å². The Kier molecular flexibility index (Phi) is 16.2. The fourth-order valence-corrected chi connectivity index (χ4v) is 7.23. The van der Waals surface area contributed by atoms with Gasteiger partial charge < -0.3 is 44.5 Å². The Bertz CT molecular complexity index is 1660. The number of thioether (sulfide) groups is 1. The molecule has 2 amide bonds. The van der Waals surface area contributed by atoms with Gasteiger partial charge in [0.15, 0.2) is 23.7 Å². The molecule has 0 aliphatic carbocycles. The number of ether oxygens (including phenoxy) is 5. The first-order valence-corrected chi connectivity index (χ1v) is 18.4. The summed E-state index contributed by atoms with van der Waals surface area (Å²) in [6, 6.07) is 10.8. The van der Waals surface area contributed by atoms with E-state index in [2.05, 4.69) is 10.6 Å². The largest absolute Gasteiger partial charge is 0.508 e. The number of aromatic hydroxyl groups is 1. The molecule has 1 heterocycles. The van der Waals surface area contributed by atoms with Crippen LogP contribution in [0.25, 0.3) is 0 Å². The number of carbonyl (C=O) groups is 6. The summed E-state index contributed by atoms with van der Waals surface area (Å²) in [7, 11) is 0. The maximum Gasteiger partial charge on any atom is 0.303 e. The van der Waals surface area contributed by atoms with Gasteiger partial charge in [0.1, 0.15) is 23.6 Å². The Labute approximate surface area is 318 Å². The third kappa shape index (κ3) is 13.2. The molecule has 5 atom stereocenters. The van der Waals surface area contributed by atoms with Gasteiger partial charge >= 0.3 is 23.9 Å². The van der Waals surface area contributed by atoms with Crippen molar-refractivity contribution in [1.82, 2.24) is 10.6 Å². The number of aliphatic hydroxyl groups is 1. The van der Waals surface area contributed by atoms with Crippen LogP contribution in [0.3, 0.4) is 0 Å². The van der Waals surface area contributed by atoms with E-state index in [-0.39, 0.29) is 49.5 Å². The van der Waals surface area contributed by atoms with Crippen LogP contribution in [0.15, 0.2) is 36.4 Å². The second-order valence-corrected chi connectivity index (χ2v) is 14.8. The van der Waals surface area contributed by atoms with E-state index in [4.69, 9.17) is 28.8 Å². The summed E-state index contributed by atoms with van der Waals surface area (Å²) in [6.45, 7) is 9.36. The van der Waals surface area contributed by atoms with Crippen LogP contribution >= 0.6 is 11.8 Å². The highest BCUT2D eigenvalue weighted by Crippen LogP contribution is 2.41. The van der Waals surface area contributed by atoms with Crippen molar-refractivity contribution in [1.29, 1.82) is 0 Å². The first-order chi connectivity index (χ1) is 25.4. The minimum atomic E-state index is -1.33. The van der Waals surface area contributed by atoms with Crippen molar-refractivity contribution in [2.75, 3.05) is 19.8 Å². The van der Waals surface area contributed by atoms with Gasteiger partial charge in [-0.15, -0.1) is 11.8 Å².